The summed E-state index contributed by atoms with van der Waals surface area (Å²) < 4.78 is 5.77. The molecule has 2 fully saturated rings. The van der Waals surface area contributed by atoms with Crippen LogP contribution in [0.15, 0.2) is 0 Å². The molecule has 0 aromatic rings. The lowest BCUT2D eigenvalue weighted by Gasteiger charge is -2.26. The van der Waals surface area contributed by atoms with E-state index in [4.69, 9.17) is 9.84 Å². The van der Waals surface area contributed by atoms with E-state index in [1.54, 1.807) is 0 Å². The smallest absolute Gasteiger partial charge is 0.306 e. The van der Waals surface area contributed by atoms with Crippen LogP contribution in [0.4, 0.5) is 0 Å². The first-order valence-corrected chi connectivity index (χ1v) is 6.10. The zero-order valence-corrected chi connectivity index (χ0v) is 9.15. The highest BCUT2D eigenvalue weighted by Crippen LogP contribution is 2.33. The third-order valence-corrected chi connectivity index (χ3v) is 3.60. The highest BCUT2D eigenvalue weighted by molar-refractivity contribution is 5.69. The topological polar surface area (TPSA) is 46.5 Å². The molecule has 0 heterocycles. The largest absolute Gasteiger partial charge is 0.481 e. The average Bonchev–Trinajstić information content (AvgIpc) is 3.02. The van der Waals surface area contributed by atoms with Gasteiger partial charge in [0.1, 0.15) is 0 Å². The number of carbonyl (C=O) groups is 1. The summed E-state index contributed by atoms with van der Waals surface area (Å²) in [6.45, 7) is 0.882. The van der Waals surface area contributed by atoms with Crippen molar-refractivity contribution < 1.29 is 14.6 Å². The normalized spacial score (nSPS) is 31.5. The van der Waals surface area contributed by atoms with Crippen molar-refractivity contribution in [3.8, 4) is 0 Å². The Labute approximate surface area is 90.8 Å². The van der Waals surface area contributed by atoms with Gasteiger partial charge in [0.25, 0.3) is 0 Å². The molecule has 0 bridgehead atoms. The molecule has 15 heavy (non-hydrogen) atoms. The molecule has 3 nitrogen and oxygen atoms in total. The minimum Gasteiger partial charge on any atom is -0.481 e. The number of aliphatic carboxylic acids is 1. The summed E-state index contributed by atoms with van der Waals surface area (Å²) in [5, 5.41) is 8.84. The van der Waals surface area contributed by atoms with E-state index in [1.807, 2.05) is 0 Å². The van der Waals surface area contributed by atoms with E-state index in [9.17, 15) is 4.79 Å². The highest BCUT2D eigenvalue weighted by Gasteiger charge is 2.27. The Kier molecular flexibility index (Phi) is 3.62. The van der Waals surface area contributed by atoms with Gasteiger partial charge in [-0.3, -0.25) is 4.79 Å². The number of hydrogen-bond donors (Lipinski definition) is 1. The Morgan fingerprint density at radius 2 is 1.80 bits per heavy atom. The Bertz CT molecular complexity index is 215. The Morgan fingerprint density at radius 1 is 1.13 bits per heavy atom. The minimum atomic E-state index is -0.633. The van der Waals surface area contributed by atoms with Gasteiger partial charge in [0.05, 0.1) is 12.0 Å². The molecular weight excluding hydrogens is 192 g/mol. The Morgan fingerprint density at radius 3 is 2.33 bits per heavy atom. The van der Waals surface area contributed by atoms with E-state index < -0.39 is 5.97 Å². The summed E-state index contributed by atoms with van der Waals surface area (Å²) >= 11 is 0. The Hall–Kier alpha value is -0.570. The lowest BCUT2D eigenvalue weighted by Crippen LogP contribution is -2.26. The maximum Gasteiger partial charge on any atom is 0.306 e. The molecule has 0 aliphatic heterocycles. The molecule has 0 amide bonds. The molecule has 0 spiro atoms. The minimum absolute atomic E-state index is 0.117. The lowest BCUT2D eigenvalue weighted by molar-refractivity contribution is -0.143. The molecule has 0 saturated heterocycles. The number of rotatable bonds is 5. The standard InChI is InChI=1S/C12H20O3/c13-12(14)10-3-5-11(6-4-10)15-8-7-9-1-2-9/h9-11H,1-8H2,(H,13,14). The van der Waals surface area contributed by atoms with Gasteiger partial charge in [-0.25, -0.2) is 0 Å². The van der Waals surface area contributed by atoms with E-state index in [1.165, 1.54) is 19.3 Å². The van der Waals surface area contributed by atoms with Gasteiger partial charge in [-0.15, -0.1) is 0 Å². The van der Waals surface area contributed by atoms with Gasteiger partial charge in [-0.05, 0) is 38.0 Å². The molecule has 1 N–H and O–H groups in total. The van der Waals surface area contributed by atoms with Crippen LogP contribution in [-0.2, 0) is 9.53 Å². The monoisotopic (exact) mass is 212 g/mol. The fourth-order valence-electron chi connectivity index (χ4n) is 2.28. The second-order valence-electron chi connectivity index (χ2n) is 4.91. The maximum absolute atomic E-state index is 10.7. The summed E-state index contributed by atoms with van der Waals surface area (Å²) in [7, 11) is 0. The molecule has 2 saturated carbocycles. The molecule has 0 aromatic carbocycles. The molecule has 0 aromatic heterocycles. The van der Waals surface area contributed by atoms with Crippen molar-refractivity contribution in [3.05, 3.63) is 0 Å². The number of carboxylic acids is 1. The van der Waals surface area contributed by atoms with Gasteiger partial charge in [0.2, 0.25) is 0 Å². The number of carboxylic acid groups (broad SMARTS) is 1. The van der Waals surface area contributed by atoms with Crippen molar-refractivity contribution in [1.29, 1.82) is 0 Å². The fourth-order valence-corrected chi connectivity index (χ4v) is 2.28. The quantitative estimate of drug-likeness (QED) is 0.761. The van der Waals surface area contributed by atoms with Gasteiger partial charge in [-0.1, -0.05) is 12.8 Å². The number of ether oxygens (including phenoxy) is 1. The lowest BCUT2D eigenvalue weighted by atomic mass is 9.87. The first kappa shape index (κ1) is 10.9. The van der Waals surface area contributed by atoms with Crippen molar-refractivity contribution >= 4 is 5.97 Å². The molecule has 0 unspecified atom stereocenters. The van der Waals surface area contributed by atoms with Crippen LogP contribution >= 0.6 is 0 Å². The van der Waals surface area contributed by atoms with Gasteiger partial charge in [0.15, 0.2) is 0 Å². The molecule has 2 aliphatic carbocycles. The SMILES string of the molecule is O=C(O)C1CCC(OCCC2CC2)CC1. The summed E-state index contributed by atoms with van der Waals surface area (Å²) in [4.78, 5) is 10.7. The summed E-state index contributed by atoms with van der Waals surface area (Å²) in [6.07, 6.45) is 7.76. The molecule has 0 radical (unpaired) electrons. The summed E-state index contributed by atoms with van der Waals surface area (Å²) in [5.74, 6) is 0.181. The third-order valence-electron chi connectivity index (χ3n) is 3.60. The van der Waals surface area contributed by atoms with Crippen LogP contribution < -0.4 is 0 Å². The van der Waals surface area contributed by atoms with Crippen LogP contribution in [0.25, 0.3) is 0 Å². The number of hydrogen-bond acceptors (Lipinski definition) is 2. The summed E-state index contributed by atoms with van der Waals surface area (Å²) in [6, 6.07) is 0. The maximum atomic E-state index is 10.7. The van der Waals surface area contributed by atoms with Crippen molar-refractivity contribution in [2.24, 2.45) is 11.8 Å². The van der Waals surface area contributed by atoms with Crippen LogP contribution in [0.2, 0.25) is 0 Å². The van der Waals surface area contributed by atoms with Crippen molar-refractivity contribution in [3.63, 3.8) is 0 Å². The predicted octanol–water partition coefficient (Wildman–Crippen LogP) is 2.45. The zero-order chi connectivity index (χ0) is 10.7. The first-order valence-electron chi connectivity index (χ1n) is 6.10. The molecule has 2 rings (SSSR count). The first-order chi connectivity index (χ1) is 7.25. The summed E-state index contributed by atoms with van der Waals surface area (Å²) in [5.41, 5.74) is 0. The van der Waals surface area contributed by atoms with Gasteiger partial charge < -0.3 is 9.84 Å². The fraction of sp³-hybridized carbons (Fsp3) is 0.917. The highest BCUT2D eigenvalue weighted by atomic mass is 16.5. The molecule has 86 valence electrons. The second-order valence-corrected chi connectivity index (χ2v) is 4.91. The van der Waals surface area contributed by atoms with Crippen LogP contribution in [0.5, 0.6) is 0 Å². The van der Waals surface area contributed by atoms with Crippen molar-refractivity contribution in [2.45, 2.75) is 51.0 Å². The van der Waals surface area contributed by atoms with E-state index in [0.717, 1.165) is 38.2 Å². The van der Waals surface area contributed by atoms with Crippen LogP contribution in [0.1, 0.15) is 44.9 Å². The molecule has 3 heteroatoms. The van der Waals surface area contributed by atoms with E-state index in [2.05, 4.69) is 0 Å². The van der Waals surface area contributed by atoms with Crippen LogP contribution in [-0.4, -0.2) is 23.8 Å². The van der Waals surface area contributed by atoms with E-state index in [-0.39, 0.29) is 5.92 Å². The van der Waals surface area contributed by atoms with Crippen LogP contribution in [0.3, 0.4) is 0 Å². The molecule has 0 atom stereocenters. The van der Waals surface area contributed by atoms with E-state index >= 15 is 0 Å². The van der Waals surface area contributed by atoms with Gasteiger partial charge >= 0.3 is 5.97 Å². The van der Waals surface area contributed by atoms with Gasteiger partial charge in [0, 0.05) is 6.61 Å². The van der Waals surface area contributed by atoms with Crippen LogP contribution in [0, 0.1) is 11.8 Å². The van der Waals surface area contributed by atoms with Crippen molar-refractivity contribution in [1.82, 2.24) is 0 Å². The third kappa shape index (κ3) is 3.49. The van der Waals surface area contributed by atoms with Crippen molar-refractivity contribution in [2.75, 3.05) is 6.61 Å². The average molecular weight is 212 g/mol. The predicted molar refractivity (Wildman–Crippen MR) is 56.7 cm³/mol. The molecular formula is C12H20O3. The zero-order valence-electron chi connectivity index (χ0n) is 9.15. The van der Waals surface area contributed by atoms with E-state index in [0.29, 0.717) is 6.10 Å². The molecule has 2 aliphatic rings. The van der Waals surface area contributed by atoms with Gasteiger partial charge in [-0.2, -0.15) is 0 Å². The second kappa shape index (κ2) is 4.97. The Balaban J connectivity index is 1.58.